The number of hydrogen-bond donors (Lipinski definition) is 1. The van der Waals surface area contributed by atoms with E-state index < -0.39 is 0 Å². The number of benzene rings is 1. The SMILES string of the molecule is O=C(Nc1ccc(Cl)nc1)c1cnc(-c2ccccc2F)s1. The van der Waals surface area contributed by atoms with Crippen LogP contribution < -0.4 is 5.32 Å². The summed E-state index contributed by atoms with van der Waals surface area (Å²) in [5.41, 5.74) is 0.898. The van der Waals surface area contributed by atoms with Crippen molar-refractivity contribution in [1.29, 1.82) is 0 Å². The standard InChI is InChI=1S/C15H9ClFN3OS/c16-13-6-5-9(7-18-13)20-14(21)12-8-19-15(22-12)10-3-1-2-4-11(10)17/h1-8H,(H,20,21). The zero-order chi connectivity index (χ0) is 15.5. The second kappa shape index (κ2) is 6.21. The maximum Gasteiger partial charge on any atom is 0.267 e. The highest BCUT2D eigenvalue weighted by Gasteiger charge is 2.14. The van der Waals surface area contributed by atoms with Gasteiger partial charge in [0.05, 0.1) is 18.1 Å². The summed E-state index contributed by atoms with van der Waals surface area (Å²) in [4.78, 5) is 20.5. The van der Waals surface area contributed by atoms with Gasteiger partial charge in [-0.2, -0.15) is 0 Å². The van der Waals surface area contributed by atoms with Gasteiger partial charge in [-0.15, -0.1) is 11.3 Å². The summed E-state index contributed by atoms with van der Waals surface area (Å²) >= 11 is 6.80. The van der Waals surface area contributed by atoms with Gasteiger partial charge in [0.2, 0.25) is 0 Å². The largest absolute Gasteiger partial charge is 0.320 e. The molecule has 4 nitrogen and oxygen atoms in total. The predicted octanol–water partition coefficient (Wildman–Crippen LogP) is 4.25. The van der Waals surface area contributed by atoms with Crippen LogP contribution in [0.15, 0.2) is 48.8 Å². The van der Waals surface area contributed by atoms with Gasteiger partial charge in [0.1, 0.15) is 20.9 Å². The van der Waals surface area contributed by atoms with E-state index in [2.05, 4.69) is 15.3 Å². The van der Waals surface area contributed by atoms with Crippen molar-refractivity contribution in [2.75, 3.05) is 5.32 Å². The number of pyridine rings is 1. The number of hydrogen-bond acceptors (Lipinski definition) is 4. The van der Waals surface area contributed by atoms with Crippen molar-refractivity contribution in [3.8, 4) is 10.6 Å². The molecule has 0 aliphatic rings. The summed E-state index contributed by atoms with van der Waals surface area (Å²) in [6.07, 6.45) is 2.88. The molecule has 110 valence electrons. The molecule has 3 aromatic rings. The summed E-state index contributed by atoms with van der Waals surface area (Å²) in [5.74, 6) is -0.699. The van der Waals surface area contributed by atoms with E-state index in [1.807, 2.05) is 0 Å². The molecule has 0 unspecified atom stereocenters. The van der Waals surface area contributed by atoms with E-state index in [0.717, 1.165) is 11.3 Å². The van der Waals surface area contributed by atoms with E-state index in [9.17, 15) is 9.18 Å². The third-order valence-electron chi connectivity index (χ3n) is 2.82. The Hall–Kier alpha value is -2.31. The Kier molecular flexibility index (Phi) is 4.13. The first-order valence-electron chi connectivity index (χ1n) is 6.27. The minimum Gasteiger partial charge on any atom is -0.320 e. The summed E-state index contributed by atoms with van der Waals surface area (Å²) in [5, 5.41) is 3.48. The smallest absolute Gasteiger partial charge is 0.267 e. The van der Waals surface area contributed by atoms with Crippen LogP contribution in [0.5, 0.6) is 0 Å². The van der Waals surface area contributed by atoms with Gasteiger partial charge in [0.15, 0.2) is 0 Å². The molecule has 0 atom stereocenters. The van der Waals surface area contributed by atoms with E-state index in [1.54, 1.807) is 30.3 Å². The minimum absolute atomic E-state index is 0.329. The highest BCUT2D eigenvalue weighted by atomic mass is 35.5. The second-order valence-corrected chi connectivity index (χ2v) is 5.75. The van der Waals surface area contributed by atoms with Gasteiger partial charge in [-0.1, -0.05) is 23.7 Å². The van der Waals surface area contributed by atoms with Gasteiger partial charge < -0.3 is 5.32 Å². The van der Waals surface area contributed by atoms with Gasteiger partial charge in [0.25, 0.3) is 5.91 Å². The molecule has 2 heterocycles. The topological polar surface area (TPSA) is 54.9 Å². The normalized spacial score (nSPS) is 10.5. The van der Waals surface area contributed by atoms with E-state index >= 15 is 0 Å². The fraction of sp³-hybridized carbons (Fsp3) is 0. The molecule has 0 saturated heterocycles. The van der Waals surface area contributed by atoms with E-state index in [0.29, 0.717) is 26.3 Å². The first-order chi connectivity index (χ1) is 10.6. The Morgan fingerprint density at radius 3 is 2.68 bits per heavy atom. The molecule has 3 rings (SSSR count). The quantitative estimate of drug-likeness (QED) is 0.729. The Bertz CT molecular complexity index is 820. The lowest BCUT2D eigenvalue weighted by atomic mass is 10.2. The molecule has 0 bridgehead atoms. The van der Waals surface area contributed by atoms with Crippen LogP contribution in [0, 0.1) is 5.82 Å². The number of rotatable bonds is 3. The number of anilines is 1. The van der Waals surface area contributed by atoms with Crippen LogP contribution in [0.3, 0.4) is 0 Å². The zero-order valence-electron chi connectivity index (χ0n) is 11.1. The first-order valence-corrected chi connectivity index (χ1v) is 7.46. The van der Waals surface area contributed by atoms with E-state index in [1.165, 1.54) is 18.5 Å². The van der Waals surface area contributed by atoms with Gasteiger partial charge in [0, 0.05) is 5.56 Å². The van der Waals surface area contributed by atoms with Crippen LogP contribution in [0.4, 0.5) is 10.1 Å². The lowest BCUT2D eigenvalue weighted by molar-refractivity contribution is 0.103. The highest BCUT2D eigenvalue weighted by molar-refractivity contribution is 7.17. The number of amides is 1. The lowest BCUT2D eigenvalue weighted by Crippen LogP contribution is -2.10. The maximum absolute atomic E-state index is 13.7. The van der Waals surface area contributed by atoms with Crippen LogP contribution >= 0.6 is 22.9 Å². The molecule has 0 radical (unpaired) electrons. The van der Waals surface area contributed by atoms with Crippen molar-refractivity contribution < 1.29 is 9.18 Å². The van der Waals surface area contributed by atoms with Crippen molar-refractivity contribution in [3.05, 3.63) is 64.6 Å². The molecule has 0 aliphatic carbocycles. The number of nitrogens with zero attached hydrogens (tertiary/aromatic N) is 2. The minimum atomic E-state index is -0.370. The molecular formula is C15H9ClFN3OS. The van der Waals surface area contributed by atoms with Crippen molar-refractivity contribution in [2.24, 2.45) is 0 Å². The monoisotopic (exact) mass is 333 g/mol. The first kappa shape index (κ1) is 14.6. The number of thiazole rings is 1. The fourth-order valence-electron chi connectivity index (χ4n) is 1.78. The molecule has 1 amide bonds. The molecular weight excluding hydrogens is 325 g/mol. The van der Waals surface area contributed by atoms with Crippen LogP contribution in [0.25, 0.3) is 10.6 Å². The number of halogens is 2. The molecule has 0 fully saturated rings. The van der Waals surface area contributed by atoms with Crippen molar-refractivity contribution in [2.45, 2.75) is 0 Å². The maximum atomic E-state index is 13.7. The Morgan fingerprint density at radius 1 is 1.14 bits per heavy atom. The molecule has 7 heteroatoms. The Balaban J connectivity index is 1.80. The lowest BCUT2D eigenvalue weighted by Gasteiger charge is -2.02. The van der Waals surface area contributed by atoms with Gasteiger partial charge in [-0.25, -0.2) is 14.4 Å². The molecule has 22 heavy (non-hydrogen) atoms. The van der Waals surface area contributed by atoms with E-state index in [4.69, 9.17) is 11.6 Å². The second-order valence-electron chi connectivity index (χ2n) is 4.33. The van der Waals surface area contributed by atoms with Crippen molar-refractivity contribution >= 4 is 34.5 Å². The zero-order valence-corrected chi connectivity index (χ0v) is 12.7. The predicted molar refractivity (Wildman–Crippen MR) is 84.7 cm³/mol. The number of nitrogens with one attached hydrogen (secondary N) is 1. The molecule has 1 aromatic carbocycles. The number of carbonyl (C=O) groups is 1. The van der Waals surface area contributed by atoms with Gasteiger partial charge >= 0.3 is 0 Å². The van der Waals surface area contributed by atoms with Crippen LogP contribution in [-0.4, -0.2) is 15.9 Å². The Labute approximate surface area is 134 Å². The van der Waals surface area contributed by atoms with Crippen molar-refractivity contribution in [3.63, 3.8) is 0 Å². The molecule has 2 aromatic heterocycles. The summed E-state index contributed by atoms with van der Waals surface area (Å²) in [7, 11) is 0. The number of carbonyl (C=O) groups excluding carboxylic acids is 1. The summed E-state index contributed by atoms with van der Waals surface area (Å²) in [6, 6.07) is 9.53. The van der Waals surface area contributed by atoms with E-state index in [-0.39, 0.29) is 11.7 Å². The van der Waals surface area contributed by atoms with Gasteiger partial charge in [-0.3, -0.25) is 4.79 Å². The van der Waals surface area contributed by atoms with Crippen LogP contribution in [0.2, 0.25) is 5.15 Å². The fourth-order valence-corrected chi connectivity index (χ4v) is 2.73. The third-order valence-corrected chi connectivity index (χ3v) is 4.07. The summed E-state index contributed by atoms with van der Waals surface area (Å²) in [6.45, 7) is 0. The van der Waals surface area contributed by atoms with Crippen molar-refractivity contribution in [1.82, 2.24) is 9.97 Å². The molecule has 0 spiro atoms. The highest BCUT2D eigenvalue weighted by Crippen LogP contribution is 2.27. The third kappa shape index (κ3) is 3.13. The molecule has 1 N–H and O–H groups in total. The molecule has 0 aliphatic heterocycles. The molecule has 0 saturated carbocycles. The Morgan fingerprint density at radius 2 is 1.95 bits per heavy atom. The van der Waals surface area contributed by atoms with Crippen LogP contribution in [-0.2, 0) is 0 Å². The average molecular weight is 334 g/mol. The summed E-state index contributed by atoms with van der Waals surface area (Å²) < 4.78 is 13.7. The number of aromatic nitrogens is 2. The average Bonchev–Trinajstić information content (AvgIpc) is 3.00. The van der Waals surface area contributed by atoms with Crippen LogP contribution in [0.1, 0.15) is 9.67 Å². The van der Waals surface area contributed by atoms with Gasteiger partial charge in [-0.05, 0) is 24.3 Å².